The van der Waals surface area contributed by atoms with Gasteiger partial charge in [-0.3, -0.25) is 0 Å². The fourth-order valence-electron chi connectivity index (χ4n) is 7.89. The molecule has 0 spiro atoms. The van der Waals surface area contributed by atoms with E-state index in [9.17, 15) is 0 Å². The molecule has 0 aromatic heterocycles. The van der Waals surface area contributed by atoms with Crippen LogP contribution >= 0.6 is 0 Å². The maximum atomic E-state index is 2.42. The Kier molecular flexibility index (Phi) is 5.38. The van der Waals surface area contributed by atoms with Gasteiger partial charge in [-0.05, 0) is 110 Å². The maximum absolute atomic E-state index is 2.42. The van der Waals surface area contributed by atoms with E-state index in [1.165, 1.54) is 98.0 Å². The Morgan fingerprint density at radius 1 is 0.239 bits per heavy atom. The van der Waals surface area contributed by atoms with Crippen molar-refractivity contribution in [2.24, 2.45) is 0 Å². The molecule has 0 atom stereocenters. The van der Waals surface area contributed by atoms with Gasteiger partial charge in [0.25, 0.3) is 0 Å². The maximum Gasteiger partial charge on any atom is -0.00201 e. The highest BCUT2D eigenvalue weighted by Gasteiger charge is 2.20. The highest BCUT2D eigenvalue weighted by molar-refractivity contribution is 6.29. The van der Waals surface area contributed by atoms with Crippen LogP contribution in [0.1, 0.15) is 0 Å². The van der Waals surface area contributed by atoms with Gasteiger partial charge in [-0.2, -0.15) is 0 Å². The van der Waals surface area contributed by atoms with Crippen LogP contribution in [0.5, 0.6) is 0 Å². The average molecular weight is 581 g/mol. The highest BCUT2D eigenvalue weighted by atomic mass is 14.2. The van der Waals surface area contributed by atoms with E-state index in [0.717, 1.165) is 0 Å². The molecule has 0 heterocycles. The van der Waals surface area contributed by atoms with Crippen LogP contribution in [0.2, 0.25) is 0 Å². The molecule has 0 saturated carbocycles. The Morgan fingerprint density at radius 2 is 0.804 bits per heavy atom. The van der Waals surface area contributed by atoms with Crippen LogP contribution < -0.4 is 0 Å². The summed E-state index contributed by atoms with van der Waals surface area (Å²) in [5, 5.41) is 15.5. The highest BCUT2D eigenvalue weighted by Crippen LogP contribution is 2.48. The van der Waals surface area contributed by atoms with E-state index in [1.807, 2.05) is 0 Å². The van der Waals surface area contributed by atoms with Crippen molar-refractivity contribution in [3.05, 3.63) is 170 Å². The topological polar surface area (TPSA) is 0 Å². The van der Waals surface area contributed by atoms with Crippen molar-refractivity contribution in [3.8, 4) is 33.4 Å². The number of fused-ring (bicyclic) bond motifs is 3. The molecule has 0 aliphatic carbocycles. The molecule has 0 heteroatoms. The van der Waals surface area contributed by atoms with E-state index in [4.69, 9.17) is 0 Å². The predicted molar refractivity (Wildman–Crippen MR) is 199 cm³/mol. The van der Waals surface area contributed by atoms with E-state index in [0.29, 0.717) is 0 Å². The van der Waals surface area contributed by atoms with Crippen LogP contribution in [0.15, 0.2) is 170 Å². The third-order valence-corrected chi connectivity index (χ3v) is 9.97. The first-order valence-electron chi connectivity index (χ1n) is 16.0. The molecule has 0 aliphatic heterocycles. The van der Waals surface area contributed by atoms with Crippen molar-refractivity contribution < 1.29 is 0 Å². The summed E-state index contributed by atoms with van der Waals surface area (Å²) in [5.74, 6) is 0. The van der Waals surface area contributed by atoms with Crippen molar-refractivity contribution in [2.75, 3.05) is 0 Å². The molecule has 0 N–H and O–H groups in total. The van der Waals surface area contributed by atoms with Crippen molar-refractivity contribution >= 4 is 64.6 Å². The summed E-state index contributed by atoms with van der Waals surface area (Å²) in [4.78, 5) is 0. The minimum absolute atomic E-state index is 1.23. The first kappa shape index (κ1) is 25.4. The minimum Gasteiger partial charge on any atom is -0.0622 e. The molecule has 10 aromatic carbocycles. The van der Waals surface area contributed by atoms with Gasteiger partial charge in [0.15, 0.2) is 0 Å². The van der Waals surface area contributed by atoms with Gasteiger partial charge < -0.3 is 0 Å². The third kappa shape index (κ3) is 3.68. The van der Waals surface area contributed by atoms with Crippen LogP contribution in [0.25, 0.3) is 98.0 Å². The van der Waals surface area contributed by atoms with E-state index in [1.54, 1.807) is 0 Å². The second-order valence-corrected chi connectivity index (χ2v) is 12.5. The fourth-order valence-corrected chi connectivity index (χ4v) is 7.89. The lowest BCUT2D eigenvalue weighted by Crippen LogP contribution is -1.93. The first-order valence-corrected chi connectivity index (χ1v) is 16.0. The largest absolute Gasteiger partial charge is 0.0622 e. The molecule has 0 bridgehead atoms. The van der Waals surface area contributed by atoms with Crippen molar-refractivity contribution in [1.82, 2.24) is 0 Å². The standard InChI is InChI=1S/C46H28/c1-2-9-29(10-3-1)35-23-26-41-42(28-35)44(36-20-17-30-11-4-5-12-34(30)27-36)37-15-6-7-16-38(37)46(41)40-25-22-33-19-18-31-13-8-14-32-21-24-39(40)45(33)43(31)32/h1-28H. The summed E-state index contributed by atoms with van der Waals surface area (Å²) in [6.45, 7) is 0. The molecule has 212 valence electrons. The quantitative estimate of drug-likeness (QED) is 0.144. The van der Waals surface area contributed by atoms with Gasteiger partial charge in [0.2, 0.25) is 0 Å². The lowest BCUT2D eigenvalue weighted by molar-refractivity contribution is 1.64. The molecule has 0 aliphatic rings. The van der Waals surface area contributed by atoms with Gasteiger partial charge in [-0.15, -0.1) is 0 Å². The number of hydrogen-bond donors (Lipinski definition) is 0. The normalized spacial score (nSPS) is 11.9. The first-order chi connectivity index (χ1) is 22.8. The van der Waals surface area contributed by atoms with Crippen molar-refractivity contribution in [2.45, 2.75) is 0 Å². The molecule has 10 aromatic rings. The lowest BCUT2D eigenvalue weighted by Gasteiger charge is -2.21. The molecular formula is C46H28. The number of benzene rings is 10. The number of rotatable bonds is 3. The molecule has 46 heavy (non-hydrogen) atoms. The zero-order valence-corrected chi connectivity index (χ0v) is 25.2. The van der Waals surface area contributed by atoms with Gasteiger partial charge in [0.1, 0.15) is 0 Å². The van der Waals surface area contributed by atoms with E-state index in [2.05, 4.69) is 170 Å². The second-order valence-electron chi connectivity index (χ2n) is 12.5. The van der Waals surface area contributed by atoms with Gasteiger partial charge in [0.05, 0.1) is 0 Å². The summed E-state index contributed by atoms with van der Waals surface area (Å²) in [6.07, 6.45) is 0. The van der Waals surface area contributed by atoms with E-state index in [-0.39, 0.29) is 0 Å². The summed E-state index contributed by atoms with van der Waals surface area (Å²) in [5.41, 5.74) is 7.57. The zero-order valence-electron chi connectivity index (χ0n) is 25.2. The van der Waals surface area contributed by atoms with Crippen molar-refractivity contribution in [3.63, 3.8) is 0 Å². The van der Waals surface area contributed by atoms with Gasteiger partial charge >= 0.3 is 0 Å². The third-order valence-electron chi connectivity index (χ3n) is 9.97. The molecule has 10 rings (SSSR count). The minimum atomic E-state index is 1.23. The second kappa shape index (κ2) is 9.76. The Bertz CT molecular complexity index is 2770. The van der Waals surface area contributed by atoms with Crippen LogP contribution in [0, 0.1) is 0 Å². The zero-order chi connectivity index (χ0) is 30.2. The summed E-state index contributed by atoms with van der Waals surface area (Å²) < 4.78 is 0. The Labute approximate surface area is 267 Å². The summed E-state index contributed by atoms with van der Waals surface area (Å²) in [7, 11) is 0. The molecular weight excluding hydrogens is 553 g/mol. The van der Waals surface area contributed by atoms with Gasteiger partial charge in [-0.25, -0.2) is 0 Å². The van der Waals surface area contributed by atoms with Crippen LogP contribution in [-0.4, -0.2) is 0 Å². The molecule has 0 unspecified atom stereocenters. The molecule has 0 amide bonds. The SMILES string of the molecule is c1ccc(-c2ccc3c(-c4ccc5ccc6cccc7ccc4c5c67)c4ccccc4c(-c4ccc5ccccc5c4)c3c2)cc1. The predicted octanol–water partition coefficient (Wildman–Crippen LogP) is 13.0. The molecule has 0 saturated heterocycles. The van der Waals surface area contributed by atoms with Crippen LogP contribution in [0.4, 0.5) is 0 Å². The lowest BCUT2D eigenvalue weighted by atomic mass is 9.82. The van der Waals surface area contributed by atoms with Crippen LogP contribution in [0.3, 0.4) is 0 Å². The smallest absolute Gasteiger partial charge is 0.00201 e. The molecule has 0 fully saturated rings. The summed E-state index contributed by atoms with van der Waals surface area (Å²) in [6, 6.07) is 62.9. The Hall–Kier alpha value is -5.98. The van der Waals surface area contributed by atoms with Crippen LogP contribution in [-0.2, 0) is 0 Å². The van der Waals surface area contributed by atoms with Gasteiger partial charge in [-0.1, -0.05) is 158 Å². The molecule has 0 nitrogen and oxygen atoms in total. The van der Waals surface area contributed by atoms with Gasteiger partial charge in [0, 0.05) is 0 Å². The van der Waals surface area contributed by atoms with Crippen molar-refractivity contribution in [1.29, 1.82) is 0 Å². The average Bonchev–Trinajstić information content (AvgIpc) is 3.13. The van der Waals surface area contributed by atoms with E-state index < -0.39 is 0 Å². The van der Waals surface area contributed by atoms with E-state index >= 15 is 0 Å². The fraction of sp³-hybridized carbons (Fsp3) is 0. The molecule has 0 radical (unpaired) electrons. The summed E-state index contributed by atoms with van der Waals surface area (Å²) >= 11 is 0. The monoisotopic (exact) mass is 580 g/mol. The number of hydrogen-bond acceptors (Lipinski definition) is 0. The Morgan fingerprint density at radius 3 is 1.63 bits per heavy atom. The Balaban J connectivity index is 1.37.